The number of halogens is 4. The number of amides is 1. The molecule has 2 saturated heterocycles. The fourth-order valence-corrected chi connectivity index (χ4v) is 5.58. The lowest BCUT2D eigenvalue weighted by Crippen LogP contribution is -2.34. The first-order chi connectivity index (χ1) is 15.8. The SMILES string of the molecule is O=C1/C(=C/c2cccc(F)c2)SC(c2cccc(C(F)(F)F)c2)N1CCCN1CCCCC1. The van der Waals surface area contributed by atoms with Crippen LogP contribution in [-0.2, 0) is 11.0 Å². The number of likely N-dealkylation sites (tertiary alicyclic amines) is 1. The summed E-state index contributed by atoms with van der Waals surface area (Å²) in [5, 5.41) is -0.555. The number of hydrogen-bond donors (Lipinski definition) is 0. The van der Waals surface area contributed by atoms with E-state index in [2.05, 4.69) is 4.90 Å². The quantitative estimate of drug-likeness (QED) is 0.358. The zero-order valence-corrected chi connectivity index (χ0v) is 19.0. The summed E-state index contributed by atoms with van der Waals surface area (Å²) < 4.78 is 53.5. The van der Waals surface area contributed by atoms with Gasteiger partial charge in [-0.3, -0.25) is 4.79 Å². The largest absolute Gasteiger partial charge is 0.416 e. The van der Waals surface area contributed by atoms with E-state index in [1.165, 1.54) is 49.2 Å². The average molecular weight is 479 g/mol. The minimum atomic E-state index is -4.46. The van der Waals surface area contributed by atoms with Gasteiger partial charge in [-0.1, -0.05) is 42.4 Å². The number of rotatable bonds is 6. The predicted octanol–water partition coefficient (Wildman–Crippen LogP) is 6.34. The van der Waals surface area contributed by atoms with Crippen LogP contribution in [0.4, 0.5) is 17.6 Å². The Labute approximate surface area is 195 Å². The number of thioether (sulfide) groups is 1. The summed E-state index contributed by atoms with van der Waals surface area (Å²) in [6.07, 6.45) is 1.49. The lowest BCUT2D eigenvalue weighted by atomic mass is 10.1. The normalized spacial score (nSPS) is 21.2. The molecule has 8 heteroatoms. The van der Waals surface area contributed by atoms with Crippen LogP contribution in [0.25, 0.3) is 6.08 Å². The van der Waals surface area contributed by atoms with E-state index in [0.29, 0.717) is 22.6 Å². The maximum absolute atomic E-state index is 13.6. The highest BCUT2D eigenvalue weighted by atomic mass is 32.2. The number of piperidine rings is 1. The number of alkyl halides is 3. The molecule has 1 amide bonds. The molecule has 2 aromatic carbocycles. The molecular formula is C25H26F4N2OS. The lowest BCUT2D eigenvalue weighted by Gasteiger charge is -2.28. The Morgan fingerprint density at radius 1 is 1.00 bits per heavy atom. The molecule has 1 unspecified atom stereocenters. The van der Waals surface area contributed by atoms with Crippen molar-refractivity contribution in [2.45, 2.75) is 37.2 Å². The van der Waals surface area contributed by atoms with Gasteiger partial charge in [0.15, 0.2) is 0 Å². The van der Waals surface area contributed by atoms with E-state index in [1.54, 1.807) is 29.2 Å². The predicted molar refractivity (Wildman–Crippen MR) is 123 cm³/mol. The third-order valence-electron chi connectivity index (χ3n) is 5.96. The number of benzene rings is 2. The fourth-order valence-electron chi connectivity index (χ4n) is 4.31. The molecule has 0 spiro atoms. The van der Waals surface area contributed by atoms with Crippen LogP contribution in [-0.4, -0.2) is 41.9 Å². The van der Waals surface area contributed by atoms with Crippen molar-refractivity contribution in [3.63, 3.8) is 0 Å². The zero-order chi connectivity index (χ0) is 23.4. The third kappa shape index (κ3) is 5.98. The Hall–Kier alpha value is -2.32. The number of nitrogens with zero attached hydrogens (tertiary/aromatic N) is 2. The Kier molecular flexibility index (Phi) is 7.44. The van der Waals surface area contributed by atoms with E-state index in [0.717, 1.165) is 38.2 Å². The van der Waals surface area contributed by atoms with Crippen LogP contribution < -0.4 is 0 Å². The first-order valence-corrected chi connectivity index (χ1v) is 12.0. The van der Waals surface area contributed by atoms with E-state index in [9.17, 15) is 22.4 Å². The highest BCUT2D eigenvalue weighted by Crippen LogP contribution is 2.47. The molecule has 0 N–H and O–H groups in total. The van der Waals surface area contributed by atoms with Gasteiger partial charge in [0.25, 0.3) is 5.91 Å². The summed E-state index contributed by atoms with van der Waals surface area (Å²) in [7, 11) is 0. The van der Waals surface area contributed by atoms with Gasteiger partial charge in [-0.15, -0.1) is 0 Å². The van der Waals surface area contributed by atoms with Crippen LogP contribution in [0.5, 0.6) is 0 Å². The van der Waals surface area contributed by atoms with E-state index < -0.39 is 22.9 Å². The summed E-state index contributed by atoms with van der Waals surface area (Å²) in [6.45, 7) is 3.39. The maximum atomic E-state index is 13.6. The Morgan fingerprint density at radius 2 is 1.76 bits per heavy atom. The summed E-state index contributed by atoms with van der Waals surface area (Å²) >= 11 is 1.22. The second-order valence-corrected chi connectivity index (χ2v) is 9.53. The Bertz CT molecular complexity index is 1020. The molecule has 4 rings (SSSR count). The van der Waals surface area contributed by atoms with Gasteiger partial charge < -0.3 is 9.80 Å². The van der Waals surface area contributed by atoms with Gasteiger partial charge in [-0.2, -0.15) is 13.2 Å². The molecule has 0 saturated carbocycles. The van der Waals surface area contributed by atoms with Gasteiger partial charge in [0.1, 0.15) is 11.2 Å². The minimum absolute atomic E-state index is 0.231. The van der Waals surface area contributed by atoms with Crippen molar-refractivity contribution in [2.75, 3.05) is 26.2 Å². The molecular weight excluding hydrogens is 452 g/mol. The topological polar surface area (TPSA) is 23.6 Å². The van der Waals surface area contributed by atoms with Gasteiger partial charge in [0.05, 0.1) is 10.5 Å². The summed E-state index contributed by atoms with van der Waals surface area (Å²) in [5.74, 6) is -0.641. The van der Waals surface area contributed by atoms with Crippen LogP contribution in [0.3, 0.4) is 0 Å². The highest BCUT2D eigenvalue weighted by molar-refractivity contribution is 8.04. The van der Waals surface area contributed by atoms with Crippen LogP contribution in [0.15, 0.2) is 53.4 Å². The molecule has 176 valence electrons. The Balaban J connectivity index is 1.57. The number of carbonyl (C=O) groups excluding carboxylic acids is 1. The first-order valence-electron chi connectivity index (χ1n) is 11.2. The van der Waals surface area contributed by atoms with Crippen molar-refractivity contribution in [3.8, 4) is 0 Å². The monoisotopic (exact) mass is 478 g/mol. The van der Waals surface area contributed by atoms with Crippen molar-refractivity contribution in [1.29, 1.82) is 0 Å². The summed E-state index contributed by atoms with van der Waals surface area (Å²) in [5.41, 5.74) is 0.247. The molecule has 33 heavy (non-hydrogen) atoms. The van der Waals surface area contributed by atoms with Crippen molar-refractivity contribution >= 4 is 23.7 Å². The van der Waals surface area contributed by atoms with Crippen LogP contribution >= 0.6 is 11.8 Å². The molecule has 2 aliphatic heterocycles. The summed E-state index contributed by atoms with van der Waals surface area (Å²) in [6, 6.07) is 11.1. The van der Waals surface area contributed by atoms with E-state index in [4.69, 9.17) is 0 Å². The summed E-state index contributed by atoms with van der Waals surface area (Å²) in [4.78, 5) is 17.7. The number of carbonyl (C=O) groups is 1. The third-order valence-corrected chi connectivity index (χ3v) is 7.26. The standard InChI is InChI=1S/C25H26F4N2OS/c26-21-10-4-7-18(15-21)16-22-23(32)31(14-6-13-30-11-2-1-3-12-30)24(33-22)19-8-5-9-20(17-19)25(27,28)29/h4-5,7-10,15-17,24H,1-3,6,11-14H2/b22-16-. The van der Waals surface area contributed by atoms with Crippen LogP contribution in [0, 0.1) is 5.82 Å². The van der Waals surface area contributed by atoms with Crippen molar-refractivity contribution in [2.24, 2.45) is 0 Å². The van der Waals surface area contributed by atoms with Gasteiger partial charge in [0.2, 0.25) is 0 Å². The van der Waals surface area contributed by atoms with Crippen molar-refractivity contribution in [3.05, 3.63) is 75.9 Å². The maximum Gasteiger partial charge on any atom is 0.416 e. The second-order valence-electron chi connectivity index (χ2n) is 8.41. The molecule has 3 nitrogen and oxygen atoms in total. The molecule has 2 fully saturated rings. The highest BCUT2D eigenvalue weighted by Gasteiger charge is 2.38. The van der Waals surface area contributed by atoms with E-state index >= 15 is 0 Å². The smallest absolute Gasteiger partial charge is 0.322 e. The molecule has 0 aromatic heterocycles. The van der Waals surface area contributed by atoms with E-state index in [-0.39, 0.29) is 5.91 Å². The number of hydrogen-bond acceptors (Lipinski definition) is 3. The first kappa shape index (κ1) is 23.8. The van der Waals surface area contributed by atoms with Crippen molar-refractivity contribution in [1.82, 2.24) is 9.80 Å². The van der Waals surface area contributed by atoms with Gasteiger partial charge >= 0.3 is 6.18 Å². The van der Waals surface area contributed by atoms with Crippen LogP contribution in [0.1, 0.15) is 47.7 Å². The molecule has 0 aliphatic carbocycles. The second kappa shape index (κ2) is 10.3. The van der Waals surface area contributed by atoms with Crippen LogP contribution in [0.2, 0.25) is 0 Å². The van der Waals surface area contributed by atoms with Gasteiger partial charge in [-0.05, 0) is 80.4 Å². The molecule has 2 heterocycles. The van der Waals surface area contributed by atoms with E-state index in [1.807, 2.05) is 0 Å². The van der Waals surface area contributed by atoms with Gasteiger partial charge in [-0.25, -0.2) is 4.39 Å². The van der Waals surface area contributed by atoms with Crippen molar-refractivity contribution < 1.29 is 22.4 Å². The minimum Gasteiger partial charge on any atom is -0.322 e. The average Bonchev–Trinajstić information content (AvgIpc) is 3.09. The molecule has 2 aliphatic rings. The zero-order valence-electron chi connectivity index (χ0n) is 18.2. The molecule has 2 aromatic rings. The Morgan fingerprint density at radius 3 is 2.48 bits per heavy atom. The molecule has 0 bridgehead atoms. The molecule has 1 atom stereocenters. The lowest BCUT2D eigenvalue weighted by molar-refractivity contribution is -0.137. The molecule has 0 radical (unpaired) electrons. The van der Waals surface area contributed by atoms with Gasteiger partial charge in [0, 0.05) is 6.54 Å². The fraction of sp³-hybridized carbons (Fsp3) is 0.400.